The number of nitrogens with zero attached hydrogens (tertiary/aromatic N) is 2. The van der Waals surface area contributed by atoms with Gasteiger partial charge in [0.15, 0.2) is 22.4 Å². The maximum atomic E-state index is 13.7. The lowest BCUT2D eigenvalue weighted by molar-refractivity contribution is -0.117. The van der Waals surface area contributed by atoms with Gasteiger partial charge in [0.05, 0.1) is 22.2 Å². The number of para-hydroxylation sites is 1. The average Bonchev–Trinajstić information content (AvgIpc) is 3.48. The van der Waals surface area contributed by atoms with Crippen molar-refractivity contribution >= 4 is 44.9 Å². The van der Waals surface area contributed by atoms with E-state index in [0.717, 1.165) is 16.2 Å². The number of amides is 1. The second-order valence-corrected chi connectivity index (χ2v) is 8.81. The van der Waals surface area contributed by atoms with Gasteiger partial charge in [-0.25, -0.2) is 9.37 Å². The number of rotatable bonds is 5. The molecule has 0 fully saturated rings. The summed E-state index contributed by atoms with van der Waals surface area (Å²) in [5.41, 5.74) is 1.07. The molecule has 2 aromatic heterocycles. The van der Waals surface area contributed by atoms with Crippen LogP contribution in [0.25, 0.3) is 11.0 Å². The van der Waals surface area contributed by atoms with Crippen molar-refractivity contribution in [2.75, 3.05) is 4.90 Å². The van der Waals surface area contributed by atoms with E-state index in [2.05, 4.69) is 4.98 Å². The summed E-state index contributed by atoms with van der Waals surface area (Å²) < 4.78 is 19.3. The van der Waals surface area contributed by atoms with Crippen molar-refractivity contribution in [3.8, 4) is 0 Å². The largest absolute Gasteiger partial charge is 0.503 e. The fraction of sp³-hybridized carbons (Fsp3) is 0.120. The molecular formula is C25H17FN2O5S. The molecule has 1 amide bonds. The van der Waals surface area contributed by atoms with Crippen LogP contribution in [0.3, 0.4) is 0 Å². The Hall–Kier alpha value is -4.11. The van der Waals surface area contributed by atoms with E-state index in [1.54, 1.807) is 31.2 Å². The highest BCUT2D eigenvalue weighted by Crippen LogP contribution is 2.44. The summed E-state index contributed by atoms with van der Waals surface area (Å²) in [5, 5.41) is 11.7. The maximum absolute atomic E-state index is 13.7. The first-order valence-corrected chi connectivity index (χ1v) is 11.1. The second-order valence-electron chi connectivity index (χ2n) is 7.84. The summed E-state index contributed by atoms with van der Waals surface area (Å²) in [7, 11) is 0. The number of aliphatic hydroxyl groups excluding tert-OH is 1. The highest BCUT2D eigenvalue weighted by molar-refractivity contribution is 7.17. The van der Waals surface area contributed by atoms with Crippen LogP contribution in [0.4, 0.5) is 9.52 Å². The molecule has 5 rings (SSSR count). The molecule has 3 heterocycles. The Balaban J connectivity index is 1.67. The molecule has 34 heavy (non-hydrogen) atoms. The molecule has 1 N–H and O–H groups in total. The number of hydrogen-bond donors (Lipinski definition) is 1. The number of carbonyl (C=O) groups excluding carboxylic acids is 3. The van der Waals surface area contributed by atoms with Gasteiger partial charge in [-0.3, -0.25) is 19.3 Å². The number of ketones is 2. The van der Waals surface area contributed by atoms with E-state index in [1.165, 1.54) is 37.3 Å². The number of aliphatic hydroxyl groups is 1. The monoisotopic (exact) mass is 476 g/mol. The zero-order chi connectivity index (χ0) is 24.1. The number of aromatic nitrogens is 1. The summed E-state index contributed by atoms with van der Waals surface area (Å²) >= 11 is 0.983. The van der Waals surface area contributed by atoms with Gasteiger partial charge in [0.2, 0.25) is 5.78 Å². The van der Waals surface area contributed by atoms with Crippen LogP contribution in [0.5, 0.6) is 0 Å². The molecule has 170 valence electrons. The number of anilines is 1. The van der Waals surface area contributed by atoms with Crippen molar-refractivity contribution in [3.63, 3.8) is 0 Å². The predicted molar refractivity (Wildman–Crippen MR) is 124 cm³/mol. The molecule has 4 aromatic rings. The van der Waals surface area contributed by atoms with Gasteiger partial charge in [-0.05, 0) is 36.8 Å². The van der Waals surface area contributed by atoms with E-state index in [4.69, 9.17) is 4.42 Å². The first kappa shape index (κ1) is 21.7. The number of thiazole rings is 1. The second kappa shape index (κ2) is 8.03. The van der Waals surface area contributed by atoms with Crippen molar-refractivity contribution in [1.29, 1.82) is 0 Å². The molecule has 0 bridgehead atoms. The maximum Gasteiger partial charge on any atom is 0.296 e. The van der Waals surface area contributed by atoms with Crippen LogP contribution in [-0.4, -0.2) is 27.6 Å². The number of hydrogen-bond acceptors (Lipinski definition) is 7. The molecular weight excluding hydrogens is 459 g/mol. The molecule has 9 heteroatoms. The van der Waals surface area contributed by atoms with Crippen LogP contribution in [-0.2, 0) is 4.79 Å². The fourth-order valence-corrected chi connectivity index (χ4v) is 5.02. The molecule has 0 aliphatic carbocycles. The Morgan fingerprint density at radius 1 is 1.15 bits per heavy atom. The van der Waals surface area contributed by atoms with Crippen molar-refractivity contribution in [2.24, 2.45) is 0 Å². The van der Waals surface area contributed by atoms with Gasteiger partial charge < -0.3 is 9.52 Å². The molecule has 7 nitrogen and oxygen atoms in total. The number of aryl methyl sites for hydroxylation is 1. The van der Waals surface area contributed by atoms with Crippen LogP contribution in [0, 0.1) is 12.7 Å². The third-order valence-electron chi connectivity index (χ3n) is 5.60. The molecule has 0 spiro atoms. The average molecular weight is 476 g/mol. The van der Waals surface area contributed by atoms with E-state index in [0.29, 0.717) is 27.1 Å². The molecule has 0 saturated heterocycles. The smallest absolute Gasteiger partial charge is 0.296 e. The van der Waals surface area contributed by atoms with Gasteiger partial charge in [-0.15, -0.1) is 0 Å². The fourth-order valence-electron chi connectivity index (χ4n) is 4.03. The lowest BCUT2D eigenvalue weighted by atomic mass is 9.95. The standard InChI is InChI=1S/C25H17FN2O5S/c1-12-23(13(2)29)34-25(27-12)28-20(14-7-9-16(26)10-8-14)19(22(31)24(28)32)21(30)18-11-15-5-3-4-6-17(15)33-18/h3-11,20,31H,1-2H3. The Bertz CT molecular complexity index is 1480. The quantitative estimate of drug-likeness (QED) is 0.391. The van der Waals surface area contributed by atoms with Gasteiger partial charge in [0.25, 0.3) is 5.91 Å². The predicted octanol–water partition coefficient (Wildman–Crippen LogP) is 5.32. The molecule has 1 unspecified atom stereocenters. The van der Waals surface area contributed by atoms with Crippen molar-refractivity contribution in [3.05, 3.63) is 93.6 Å². The van der Waals surface area contributed by atoms with Gasteiger partial charge in [0, 0.05) is 12.3 Å². The lowest BCUT2D eigenvalue weighted by Gasteiger charge is -2.24. The van der Waals surface area contributed by atoms with E-state index < -0.39 is 29.3 Å². The Morgan fingerprint density at radius 2 is 1.85 bits per heavy atom. The minimum Gasteiger partial charge on any atom is -0.503 e. The Morgan fingerprint density at radius 3 is 2.50 bits per heavy atom. The highest BCUT2D eigenvalue weighted by Gasteiger charge is 2.46. The number of furan rings is 1. The number of Topliss-reactive ketones (excluding diaryl/α,β-unsaturated/α-hetero) is 2. The van der Waals surface area contributed by atoms with Crippen molar-refractivity contribution in [2.45, 2.75) is 19.9 Å². The first-order chi connectivity index (χ1) is 16.3. The van der Waals surface area contributed by atoms with Crippen molar-refractivity contribution < 1.29 is 28.3 Å². The molecule has 1 aliphatic heterocycles. The summed E-state index contributed by atoms with van der Waals surface area (Å²) in [6.07, 6.45) is 0. The van der Waals surface area contributed by atoms with E-state index in [-0.39, 0.29) is 22.2 Å². The minimum absolute atomic E-state index is 0.0516. The van der Waals surface area contributed by atoms with Gasteiger partial charge in [-0.1, -0.05) is 41.7 Å². The zero-order valence-electron chi connectivity index (χ0n) is 18.0. The topological polar surface area (TPSA) is 101 Å². The third kappa shape index (κ3) is 3.41. The van der Waals surface area contributed by atoms with E-state index in [9.17, 15) is 23.9 Å². The van der Waals surface area contributed by atoms with Crippen molar-refractivity contribution in [1.82, 2.24) is 4.98 Å². The SMILES string of the molecule is CC(=O)c1sc(N2C(=O)C(O)=C(C(=O)c3cc4ccccc4o3)C2c2ccc(F)cc2)nc1C. The molecule has 0 saturated carbocycles. The van der Waals surface area contributed by atoms with Crippen LogP contribution >= 0.6 is 11.3 Å². The molecule has 1 aliphatic rings. The van der Waals surface area contributed by atoms with E-state index >= 15 is 0 Å². The zero-order valence-corrected chi connectivity index (χ0v) is 18.9. The summed E-state index contributed by atoms with van der Waals surface area (Å²) in [4.78, 5) is 44.6. The Labute approximate surface area is 196 Å². The molecule has 2 aromatic carbocycles. The molecule has 1 atom stereocenters. The lowest BCUT2D eigenvalue weighted by Crippen LogP contribution is -2.31. The van der Waals surface area contributed by atoms with Gasteiger partial charge in [-0.2, -0.15) is 0 Å². The summed E-state index contributed by atoms with van der Waals surface area (Å²) in [6.45, 7) is 3.03. The third-order valence-corrected chi connectivity index (χ3v) is 6.86. The molecule has 0 radical (unpaired) electrons. The van der Waals surface area contributed by atoms with Crippen LogP contribution in [0.15, 0.2) is 70.3 Å². The van der Waals surface area contributed by atoms with Gasteiger partial charge >= 0.3 is 0 Å². The van der Waals surface area contributed by atoms with Gasteiger partial charge in [0.1, 0.15) is 11.4 Å². The summed E-state index contributed by atoms with van der Waals surface area (Å²) in [5.74, 6) is -3.05. The minimum atomic E-state index is -1.10. The first-order valence-electron chi connectivity index (χ1n) is 10.3. The van der Waals surface area contributed by atoms with Crippen LogP contribution in [0.2, 0.25) is 0 Å². The van der Waals surface area contributed by atoms with E-state index in [1.807, 2.05) is 0 Å². The number of benzene rings is 2. The van der Waals surface area contributed by atoms with Crippen LogP contribution < -0.4 is 4.90 Å². The van der Waals surface area contributed by atoms with Crippen LogP contribution in [0.1, 0.15) is 44.4 Å². The Kier molecular flexibility index (Phi) is 5.13. The normalized spacial score (nSPS) is 16.0. The highest BCUT2D eigenvalue weighted by atomic mass is 32.1. The summed E-state index contributed by atoms with van der Waals surface area (Å²) in [6, 6.07) is 12.7. The number of fused-ring (bicyclic) bond motifs is 1. The number of halogens is 1. The number of carbonyl (C=O) groups is 3.